The molecule has 1 saturated carbocycles. The fraction of sp³-hybridized carbons (Fsp3) is 0.692. The van der Waals surface area contributed by atoms with Crippen molar-refractivity contribution in [1.29, 1.82) is 0 Å². The molecule has 0 aromatic carbocycles. The molecule has 1 fully saturated rings. The summed E-state index contributed by atoms with van der Waals surface area (Å²) in [5.41, 5.74) is 0. The van der Waals surface area contributed by atoms with E-state index in [1.54, 1.807) is 12.4 Å². The number of nitrogens with zero attached hydrogens (tertiary/aromatic N) is 2. The van der Waals surface area contributed by atoms with Gasteiger partial charge in [0.25, 0.3) is 0 Å². The fourth-order valence-corrected chi connectivity index (χ4v) is 2.67. The van der Waals surface area contributed by atoms with Crippen LogP contribution in [0.4, 0.5) is 5.82 Å². The van der Waals surface area contributed by atoms with E-state index in [2.05, 4.69) is 22.2 Å². The summed E-state index contributed by atoms with van der Waals surface area (Å²) >= 11 is 5.79. The molecule has 1 heterocycles. The lowest BCUT2D eigenvalue weighted by Crippen LogP contribution is -2.21. The number of rotatable bonds is 4. The summed E-state index contributed by atoms with van der Waals surface area (Å²) in [4.78, 5) is 8.20. The molecule has 0 bridgehead atoms. The number of hydrogen-bond donors (Lipinski definition) is 1. The molecule has 0 radical (unpaired) electrons. The van der Waals surface area contributed by atoms with Crippen LogP contribution >= 0.6 is 11.6 Å². The summed E-state index contributed by atoms with van der Waals surface area (Å²) in [5, 5.41) is 3.78. The number of anilines is 1. The summed E-state index contributed by atoms with van der Waals surface area (Å²) in [7, 11) is 0. The van der Waals surface area contributed by atoms with E-state index in [0.29, 0.717) is 5.15 Å². The Labute approximate surface area is 108 Å². The summed E-state index contributed by atoms with van der Waals surface area (Å²) < 4.78 is 0. The molecule has 0 unspecified atom stereocenters. The summed E-state index contributed by atoms with van der Waals surface area (Å²) in [6, 6.07) is 0. The zero-order valence-electron chi connectivity index (χ0n) is 10.3. The van der Waals surface area contributed by atoms with Gasteiger partial charge in [-0.3, -0.25) is 4.98 Å². The Bertz CT molecular complexity index is 348. The Morgan fingerprint density at radius 1 is 1.24 bits per heavy atom. The molecule has 0 saturated heterocycles. The van der Waals surface area contributed by atoms with Crippen molar-refractivity contribution in [3.63, 3.8) is 0 Å². The predicted molar refractivity (Wildman–Crippen MR) is 71.3 cm³/mol. The summed E-state index contributed by atoms with van der Waals surface area (Å²) in [6.07, 6.45) is 10.0. The molecular weight excluding hydrogens is 234 g/mol. The molecule has 94 valence electrons. The standard InChI is InChI=1S/C13H20ClN3/c1-2-10-3-5-11(6-4-10)7-16-13-9-15-8-12(14)17-13/h8-11H,2-7H2,1H3,(H,16,17). The highest BCUT2D eigenvalue weighted by atomic mass is 35.5. The van der Waals surface area contributed by atoms with E-state index in [-0.39, 0.29) is 0 Å². The van der Waals surface area contributed by atoms with Crippen LogP contribution in [0.3, 0.4) is 0 Å². The monoisotopic (exact) mass is 253 g/mol. The van der Waals surface area contributed by atoms with Crippen molar-refractivity contribution in [2.75, 3.05) is 11.9 Å². The molecule has 1 N–H and O–H groups in total. The van der Waals surface area contributed by atoms with Crippen molar-refractivity contribution in [2.45, 2.75) is 39.0 Å². The molecule has 1 aliphatic carbocycles. The lowest BCUT2D eigenvalue weighted by atomic mass is 9.81. The van der Waals surface area contributed by atoms with Gasteiger partial charge in [0.2, 0.25) is 0 Å². The number of halogens is 1. The highest BCUT2D eigenvalue weighted by molar-refractivity contribution is 6.29. The largest absolute Gasteiger partial charge is 0.368 e. The van der Waals surface area contributed by atoms with Crippen molar-refractivity contribution in [3.05, 3.63) is 17.5 Å². The molecule has 0 amide bonds. The molecule has 1 aliphatic rings. The molecule has 4 heteroatoms. The molecule has 1 aromatic heterocycles. The first-order valence-corrected chi connectivity index (χ1v) is 6.87. The van der Waals surface area contributed by atoms with Crippen LogP contribution in [0, 0.1) is 11.8 Å². The average molecular weight is 254 g/mol. The predicted octanol–water partition coefficient (Wildman–Crippen LogP) is 3.76. The van der Waals surface area contributed by atoms with E-state index in [4.69, 9.17) is 11.6 Å². The van der Waals surface area contributed by atoms with Gasteiger partial charge in [-0.1, -0.05) is 37.8 Å². The SMILES string of the molecule is CCC1CCC(CNc2cncc(Cl)n2)CC1. The first kappa shape index (κ1) is 12.6. The van der Waals surface area contributed by atoms with Crippen LogP contribution in [0.25, 0.3) is 0 Å². The van der Waals surface area contributed by atoms with Crippen LogP contribution in [0.2, 0.25) is 5.15 Å². The second-order valence-corrected chi connectivity index (χ2v) is 5.29. The summed E-state index contributed by atoms with van der Waals surface area (Å²) in [6.45, 7) is 3.29. The Hall–Kier alpha value is -0.830. The molecule has 0 atom stereocenters. The fourth-order valence-electron chi connectivity index (χ4n) is 2.52. The minimum absolute atomic E-state index is 0.449. The van der Waals surface area contributed by atoms with Crippen LogP contribution in [0.15, 0.2) is 12.4 Å². The van der Waals surface area contributed by atoms with E-state index in [1.165, 1.54) is 32.1 Å². The third kappa shape index (κ3) is 3.84. The van der Waals surface area contributed by atoms with Gasteiger partial charge in [-0.25, -0.2) is 4.98 Å². The van der Waals surface area contributed by atoms with Crippen molar-refractivity contribution in [3.8, 4) is 0 Å². The van der Waals surface area contributed by atoms with Gasteiger partial charge in [0.1, 0.15) is 11.0 Å². The second-order valence-electron chi connectivity index (χ2n) is 4.90. The highest BCUT2D eigenvalue weighted by Gasteiger charge is 2.19. The average Bonchev–Trinajstić information content (AvgIpc) is 2.37. The summed E-state index contributed by atoms with van der Waals surface area (Å²) in [5.74, 6) is 2.52. The van der Waals surface area contributed by atoms with Gasteiger partial charge in [-0.2, -0.15) is 0 Å². The van der Waals surface area contributed by atoms with Crippen molar-refractivity contribution in [1.82, 2.24) is 9.97 Å². The van der Waals surface area contributed by atoms with Gasteiger partial charge in [-0.15, -0.1) is 0 Å². The Morgan fingerprint density at radius 3 is 2.59 bits per heavy atom. The van der Waals surface area contributed by atoms with Gasteiger partial charge in [0.05, 0.1) is 12.4 Å². The first-order valence-electron chi connectivity index (χ1n) is 6.49. The maximum absolute atomic E-state index is 5.79. The Kier molecular flexibility index (Phi) is 4.60. The minimum Gasteiger partial charge on any atom is -0.368 e. The smallest absolute Gasteiger partial charge is 0.149 e. The van der Waals surface area contributed by atoms with Gasteiger partial charge in [-0.05, 0) is 24.7 Å². The second kappa shape index (κ2) is 6.20. The van der Waals surface area contributed by atoms with Crippen LogP contribution in [0.1, 0.15) is 39.0 Å². The maximum atomic E-state index is 5.79. The topological polar surface area (TPSA) is 37.8 Å². The van der Waals surface area contributed by atoms with Gasteiger partial charge < -0.3 is 5.32 Å². The van der Waals surface area contributed by atoms with Gasteiger partial charge in [0, 0.05) is 6.54 Å². The highest BCUT2D eigenvalue weighted by Crippen LogP contribution is 2.30. The third-order valence-corrected chi connectivity index (χ3v) is 3.90. The molecule has 1 aromatic rings. The molecule has 0 aliphatic heterocycles. The van der Waals surface area contributed by atoms with Crippen LogP contribution in [0.5, 0.6) is 0 Å². The number of aromatic nitrogens is 2. The van der Waals surface area contributed by atoms with E-state index in [0.717, 1.165) is 24.2 Å². The van der Waals surface area contributed by atoms with Crippen LogP contribution in [-0.4, -0.2) is 16.5 Å². The molecule has 2 rings (SSSR count). The number of hydrogen-bond acceptors (Lipinski definition) is 3. The molecule has 3 nitrogen and oxygen atoms in total. The van der Waals surface area contributed by atoms with E-state index >= 15 is 0 Å². The normalized spacial score (nSPS) is 24.6. The zero-order chi connectivity index (χ0) is 12.1. The molecular formula is C13H20ClN3. The van der Waals surface area contributed by atoms with E-state index in [1.807, 2.05) is 0 Å². The maximum Gasteiger partial charge on any atom is 0.149 e. The Balaban J connectivity index is 1.76. The van der Waals surface area contributed by atoms with Crippen molar-refractivity contribution >= 4 is 17.4 Å². The first-order chi connectivity index (χ1) is 8.28. The van der Waals surface area contributed by atoms with Crippen LogP contribution in [-0.2, 0) is 0 Å². The lowest BCUT2D eigenvalue weighted by molar-refractivity contribution is 0.278. The van der Waals surface area contributed by atoms with Crippen molar-refractivity contribution in [2.24, 2.45) is 11.8 Å². The molecule has 0 spiro atoms. The van der Waals surface area contributed by atoms with E-state index < -0.39 is 0 Å². The Morgan fingerprint density at radius 2 is 1.94 bits per heavy atom. The number of nitrogens with one attached hydrogen (secondary N) is 1. The zero-order valence-corrected chi connectivity index (χ0v) is 11.1. The van der Waals surface area contributed by atoms with Gasteiger partial charge >= 0.3 is 0 Å². The molecule has 17 heavy (non-hydrogen) atoms. The minimum atomic E-state index is 0.449. The van der Waals surface area contributed by atoms with Crippen LogP contribution < -0.4 is 5.32 Å². The van der Waals surface area contributed by atoms with Gasteiger partial charge in [0.15, 0.2) is 0 Å². The lowest BCUT2D eigenvalue weighted by Gasteiger charge is -2.27. The van der Waals surface area contributed by atoms with Crippen molar-refractivity contribution < 1.29 is 0 Å². The van der Waals surface area contributed by atoms with E-state index in [9.17, 15) is 0 Å². The quantitative estimate of drug-likeness (QED) is 0.888. The third-order valence-electron chi connectivity index (χ3n) is 3.72.